The van der Waals surface area contributed by atoms with Crippen LogP contribution in [0.3, 0.4) is 0 Å². The first-order valence-electron chi connectivity index (χ1n) is 3.74. The van der Waals surface area contributed by atoms with Gasteiger partial charge in [0.15, 0.2) is 0 Å². The molecule has 2 amide bonds. The highest BCUT2D eigenvalue weighted by Crippen LogP contribution is 2.16. The largest absolute Gasteiger partial charge is 0.379 e. The minimum absolute atomic E-state index is 0.141. The number of hydrogen-bond acceptors (Lipinski definition) is 2. The van der Waals surface area contributed by atoms with E-state index in [0.29, 0.717) is 6.61 Å². The highest BCUT2D eigenvalue weighted by Gasteiger charge is 2.30. The number of nitrogens with one attached hydrogen (secondary N) is 2. The Balaban J connectivity index is 2.39. The third-order valence-corrected chi connectivity index (χ3v) is 1.86. The van der Waals surface area contributed by atoms with Crippen LogP contribution in [0.1, 0.15) is 13.3 Å². The molecular weight excluding hydrogens is 144 g/mol. The summed E-state index contributed by atoms with van der Waals surface area (Å²) in [6.45, 7) is 3.33. The molecule has 2 N–H and O–H groups in total. The third kappa shape index (κ3) is 2.08. The standard InChI is InChI=1S/C7H14N2O2/c1-7(3-4-11-5-7)9-6(10)8-2/h3-5H2,1-2H3,(H2,8,9,10). The number of amides is 2. The van der Waals surface area contributed by atoms with Gasteiger partial charge in [0.2, 0.25) is 0 Å². The summed E-state index contributed by atoms with van der Waals surface area (Å²) >= 11 is 0. The number of ether oxygens (including phenoxy) is 1. The zero-order valence-corrected chi connectivity index (χ0v) is 6.94. The van der Waals surface area contributed by atoms with Gasteiger partial charge in [-0.3, -0.25) is 0 Å². The van der Waals surface area contributed by atoms with Crippen LogP contribution in [0.5, 0.6) is 0 Å². The molecule has 0 saturated carbocycles. The van der Waals surface area contributed by atoms with Gasteiger partial charge in [-0.2, -0.15) is 0 Å². The van der Waals surface area contributed by atoms with Gasteiger partial charge < -0.3 is 15.4 Å². The van der Waals surface area contributed by atoms with Crippen LogP contribution in [0.25, 0.3) is 0 Å². The molecule has 0 spiro atoms. The Labute approximate surface area is 66.3 Å². The molecule has 1 atom stereocenters. The van der Waals surface area contributed by atoms with Crippen molar-refractivity contribution in [3.63, 3.8) is 0 Å². The summed E-state index contributed by atoms with van der Waals surface area (Å²) in [5, 5.41) is 5.34. The second kappa shape index (κ2) is 3.09. The lowest BCUT2D eigenvalue weighted by Crippen LogP contribution is -2.49. The molecule has 0 aromatic rings. The Bertz CT molecular complexity index is 153. The minimum atomic E-state index is -0.167. The van der Waals surface area contributed by atoms with Crippen molar-refractivity contribution in [2.45, 2.75) is 18.9 Å². The van der Waals surface area contributed by atoms with E-state index in [0.717, 1.165) is 13.0 Å². The van der Waals surface area contributed by atoms with E-state index in [-0.39, 0.29) is 11.6 Å². The summed E-state index contributed by atoms with van der Waals surface area (Å²) in [4.78, 5) is 10.9. The van der Waals surface area contributed by atoms with Crippen LogP contribution in [-0.4, -0.2) is 31.8 Å². The summed E-state index contributed by atoms with van der Waals surface area (Å²) in [5.74, 6) is 0. The highest BCUT2D eigenvalue weighted by molar-refractivity contribution is 5.74. The van der Waals surface area contributed by atoms with Gasteiger partial charge in [0, 0.05) is 13.7 Å². The van der Waals surface area contributed by atoms with E-state index in [1.54, 1.807) is 7.05 Å². The van der Waals surface area contributed by atoms with Gasteiger partial charge in [0.1, 0.15) is 0 Å². The van der Waals surface area contributed by atoms with E-state index in [9.17, 15) is 4.79 Å². The predicted octanol–water partition coefficient (Wildman–Crippen LogP) is 0.0944. The quantitative estimate of drug-likeness (QED) is 0.568. The van der Waals surface area contributed by atoms with Crippen molar-refractivity contribution in [2.75, 3.05) is 20.3 Å². The fourth-order valence-electron chi connectivity index (χ4n) is 1.10. The normalized spacial score (nSPS) is 30.0. The molecule has 1 aliphatic heterocycles. The van der Waals surface area contributed by atoms with E-state index in [1.807, 2.05) is 6.92 Å². The topological polar surface area (TPSA) is 50.4 Å². The first kappa shape index (κ1) is 8.33. The van der Waals surface area contributed by atoms with Crippen LogP contribution >= 0.6 is 0 Å². The Morgan fingerprint density at radius 2 is 2.36 bits per heavy atom. The molecule has 64 valence electrons. The average molecular weight is 158 g/mol. The van der Waals surface area contributed by atoms with E-state index in [4.69, 9.17) is 4.74 Å². The molecule has 0 aliphatic carbocycles. The number of carbonyl (C=O) groups is 1. The number of hydrogen-bond donors (Lipinski definition) is 2. The van der Waals surface area contributed by atoms with Gasteiger partial charge in [-0.05, 0) is 13.3 Å². The maximum atomic E-state index is 10.9. The lowest BCUT2D eigenvalue weighted by molar-refractivity contribution is 0.171. The van der Waals surface area contributed by atoms with Crippen molar-refractivity contribution in [1.82, 2.24) is 10.6 Å². The van der Waals surface area contributed by atoms with Crippen molar-refractivity contribution in [3.8, 4) is 0 Å². The highest BCUT2D eigenvalue weighted by atomic mass is 16.5. The van der Waals surface area contributed by atoms with Crippen LogP contribution in [0.15, 0.2) is 0 Å². The molecule has 4 nitrogen and oxygen atoms in total. The van der Waals surface area contributed by atoms with Crippen LogP contribution in [0, 0.1) is 0 Å². The molecule has 0 aromatic heterocycles. The van der Waals surface area contributed by atoms with E-state index >= 15 is 0 Å². The van der Waals surface area contributed by atoms with Crippen LogP contribution in [-0.2, 0) is 4.74 Å². The maximum Gasteiger partial charge on any atom is 0.315 e. The van der Waals surface area contributed by atoms with Crippen molar-refractivity contribution in [3.05, 3.63) is 0 Å². The van der Waals surface area contributed by atoms with Gasteiger partial charge in [0.05, 0.1) is 12.1 Å². The molecule has 1 heterocycles. The molecule has 1 aliphatic rings. The SMILES string of the molecule is CNC(=O)NC1(C)CCOC1. The molecule has 1 saturated heterocycles. The van der Waals surface area contributed by atoms with Gasteiger partial charge in [0.25, 0.3) is 0 Å². The molecule has 11 heavy (non-hydrogen) atoms. The Kier molecular flexibility index (Phi) is 2.34. The third-order valence-electron chi connectivity index (χ3n) is 1.86. The molecule has 0 aromatic carbocycles. The van der Waals surface area contributed by atoms with Crippen molar-refractivity contribution < 1.29 is 9.53 Å². The fraction of sp³-hybridized carbons (Fsp3) is 0.857. The molecule has 1 fully saturated rings. The monoisotopic (exact) mass is 158 g/mol. The zero-order chi connectivity index (χ0) is 8.32. The van der Waals surface area contributed by atoms with E-state index < -0.39 is 0 Å². The summed E-state index contributed by atoms with van der Waals surface area (Å²) in [6, 6.07) is -0.141. The molecule has 4 heteroatoms. The Morgan fingerprint density at radius 3 is 2.82 bits per heavy atom. The maximum absolute atomic E-state index is 10.9. The van der Waals surface area contributed by atoms with Gasteiger partial charge >= 0.3 is 6.03 Å². The molecule has 1 rings (SSSR count). The zero-order valence-electron chi connectivity index (χ0n) is 6.94. The van der Waals surface area contributed by atoms with Gasteiger partial charge in [-0.1, -0.05) is 0 Å². The number of urea groups is 1. The molecule has 0 bridgehead atoms. The summed E-state index contributed by atoms with van der Waals surface area (Å²) < 4.78 is 5.16. The summed E-state index contributed by atoms with van der Waals surface area (Å²) in [7, 11) is 1.61. The smallest absolute Gasteiger partial charge is 0.315 e. The van der Waals surface area contributed by atoms with Crippen molar-refractivity contribution >= 4 is 6.03 Å². The van der Waals surface area contributed by atoms with E-state index in [2.05, 4.69) is 10.6 Å². The molecule has 1 unspecified atom stereocenters. The lowest BCUT2D eigenvalue weighted by Gasteiger charge is -2.22. The minimum Gasteiger partial charge on any atom is -0.379 e. The van der Waals surface area contributed by atoms with Crippen LogP contribution in [0.4, 0.5) is 4.79 Å². The van der Waals surface area contributed by atoms with Crippen molar-refractivity contribution in [2.24, 2.45) is 0 Å². The van der Waals surface area contributed by atoms with Crippen LogP contribution in [0.2, 0.25) is 0 Å². The molecule has 0 radical (unpaired) electrons. The Morgan fingerprint density at radius 1 is 1.64 bits per heavy atom. The summed E-state index contributed by atoms with van der Waals surface area (Å²) in [5.41, 5.74) is -0.167. The molecular formula is C7H14N2O2. The average Bonchev–Trinajstić information content (AvgIpc) is 2.36. The van der Waals surface area contributed by atoms with Gasteiger partial charge in [-0.15, -0.1) is 0 Å². The van der Waals surface area contributed by atoms with E-state index in [1.165, 1.54) is 0 Å². The Hall–Kier alpha value is -0.770. The first-order chi connectivity index (χ1) is 5.16. The predicted molar refractivity (Wildman–Crippen MR) is 41.4 cm³/mol. The second-order valence-corrected chi connectivity index (χ2v) is 3.07. The van der Waals surface area contributed by atoms with Crippen molar-refractivity contribution in [1.29, 1.82) is 0 Å². The number of carbonyl (C=O) groups excluding carboxylic acids is 1. The number of rotatable bonds is 1. The summed E-state index contributed by atoms with van der Waals surface area (Å²) in [6.07, 6.45) is 0.889. The second-order valence-electron chi connectivity index (χ2n) is 3.07. The first-order valence-corrected chi connectivity index (χ1v) is 3.74. The lowest BCUT2D eigenvalue weighted by atomic mass is 10.0. The van der Waals surface area contributed by atoms with Crippen LogP contribution < -0.4 is 10.6 Å². The fourth-order valence-corrected chi connectivity index (χ4v) is 1.10. The van der Waals surface area contributed by atoms with Gasteiger partial charge in [-0.25, -0.2) is 4.79 Å².